The Kier molecular flexibility index (Phi) is 6.94. The van der Waals surface area contributed by atoms with Gasteiger partial charge in [0.2, 0.25) is 5.88 Å². The van der Waals surface area contributed by atoms with Gasteiger partial charge < -0.3 is 4.74 Å². The molecule has 0 radical (unpaired) electrons. The Bertz CT molecular complexity index is 333. The van der Waals surface area contributed by atoms with Crippen LogP contribution in [0.4, 0.5) is 4.39 Å². The zero-order valence-corrected chi connectivity index (χ0v) is 11.0. The largest absolute Gasteiger partial charge is 0.477 e. The van der Waals surface area contributed by atoms with Gasteiger partial charge in [-0.3, -0.25) is 0 Å². The SMILES string of the molecule is CCCCCCCOc1ncc(F)cc1CCl. The van der Waals surface area contributed by atoms with Crippen molar-refractivity contribution in [2.75, 3.05) is 6.61 Å². The zero-order valence-electron chi connectivity index (χ0n) is 10.2. The smallest absolute Gasteiger partial charge is 0.217 e. The Morgan fingerprint density at radius 3 is 2.76 bits per heavy atom. The Balaban J connectivity index is 2.31. The molecule has 0 spiro atoms. The third-order valence-electron chi connectivity index (χ3n) is 2.52. The number of pyridine rings is 1. The van der Waals surface area contributed by atoms with Crippen molar-refractivity contribution in [1.29, 1.82) is 0 Å². The lowest BCUT2D eigenvalue weighted by molar-refractivity contribution is 0.290. The first-order valence-corrected chi connectivity index (χ1v) is 6.64. The summed E-state index contributed by atoms with van der Waals surface area (Å²) in [7, 11) is 0. The third-order valence-corrected chi connectivity index (χ3v) is 2.81. The second kappa shape index (κ2) is 8.29. The van der Waals surface area contributed by atoms with Gasteiger partial charge in [-0.25, -0.2) is 9.37 Å². The van der Waals surface area contributed by atoms with Crippen molar-refractivity contribution in [3.05, 3.63) is 23.6 Å². The monoisotopic (exact) mass is 259 g/mol. The second-order valence-electron chi connectivity index (χ2n) is 4.01. The highest BCUT2D eigenvalue weighted by atomic mass is 35.5. The van der Waals surface area contributed by atoms with Crippen molar-refractivity contribution in [2.45, 2.75) is 44.9 Å². The predicted octanol–water partition coefficient (Wildman–Crippen LogP) is 4.31. The molecule has 4 heteroatoms. The van der Waals surface area contributed by atoms with Gasteiger partial charge in [-0.05, 0) is 12.5 Å². The first-order valence-electron chi connectivity index (χ1n) is 6.11. The number of hydrogen-bond donors (Lipinski definition) is 0. The van der Waals surface area contributed by atoms with Gasteiger partial charge in [-0.1, -0.05) is 32.6 Å². The van der Waals surface area contributed by atoms with Crippen molar-refractivity contribution >= 4 is 11.6 Å². The van der Waals surface area contributed by atoms with E-state index >= 15 is 0 Å². The van der Waals surface area contributed by atoms with Gasteiger partial charge in [-0.15, -0.1) is 11.6 Å². The fourth-order valence-corrected chi connectivity index (χ4v) is 1.76. The van der Waals surface area contributed by atoms with E-state index in [-0.39, 0.29) is 11.7 Å². The van der Waals surface area contributed by atoms with Gasteiger partial charge in [0.05, 0.1) is 18.7 Å². The van der Waals surface area contributed by atoms with Gasteiger partial charge in [0.1, 0.15) is 5.82 Å². The molecule has 0 unspecified atom stereocenters. The van der Waals surface area contributed by atoms with Crippen LogP contribution in [0, 0.1) is 5.82 Å². The van der Waals surface area contributed by atoms with Crippen molar-refractivity contribution in [2.24, 2.45) is 0 Å². The minimum absolute atomic E-state index is 0.218. The molecule has 1 aromatic rings. The van der Waals surface area contributed by atoms with Gasteiger partial charge in [0, 0.05) is 5.56 Å². The predicted molar refractivity (Wildman–Crippen MR) is 68.0 cm³/mol. The lowest BCUT2D eigenvalue weighted by Gasteiger charge is -2.08. The van der Waals surface area contributed by atoms with Gasteiger partial charge in [0.25, 0.3) is 0 Å². The number of hydrogen-bond acceptors (Lipinski definition) is 2. The van der Waals surface area contributed by atoms with E-state index in [0.717, 1.165) is 19.0 Å². The fraction of sp³-hybridized carbons (Fsp3) is 0.615. The molecular weight excluding hydrogens is 241 g/mol. The number of nitrogens with zero attached hydrogens (tertiary/aromatic N) is 1. The van der Waals surface area contributed by atoms with Gasteiger partial charge >= 0.3 is 0 Å². The molecule has 17 heavy (non-hydrogen) atoms. The summed E-state index contributed by atoms with van der Waals surface area (Å²) in [6, 6.07) is 1.37. The summed E-state index contributed by atoms with van der Waals surface area (Å²) in [5.74, 6) is 0.295. The van der Waals surface area contributed by atoms with Crippen molar-refractivity contribution in [3.8, 4) is 5.88 Å². The maximum Gasteiger partial charge on any atom is 0.217 e. The average molecular weight is 260 g/mol. The summed E-state index contributed by atoms with van der Waals surface area (Å²) >= 11 is 5.70. The van der Waals surface area contributed by atoms with E-state index in [1.807, 2.05) is 0 Å². The summed E-state index contributed by atoms with van der Waals surface area (Å²) < 4.78 is 18.4. The van der Waals surface area contributed by atoms with Crippen molar-refractivity contribution < 1.29 is 9.13 Å². The molecule has 1 aromatic heterocycles. The first-order chi connectivity index (χ1) is 8.27. The molecule has 0 aliphatic rings. The molecule has 0 saturated heterocycles. The third kappa shape index (κ3) is 5.35. The lowest BCUT2D eigenvalue weighted by Crippen LogP contribution is -2.02. The standard InChI is InChI=1S/C13H19ClFNO/c1-2-3-4-5-6-7-17-13-11(9-14)8-12(15)10-16-13/h8,10H,2-7,9H2,1H3. The normalized spacial score (nSPS) is 10.5. The number of rotatable bonds is 8. The lowest BCUT2D eigenvalue weighted by atomic mass is 10.2. The molecule has 0 saturated carbocycles. The fourth-order valence-electron chi connectivity index (χ4n) is 1.57. The molecule has 0 fully saturated rings. The van der Waals surface area contributed by atoms with Gasteiger partial charge in [-0.2, -0.15) is 0 Å². The van der Waals surface area contributed by atoms with E-state index in [9.17, 15) is 4.39 Å². The van der Waals surface area contributed by atoms with Crippen molar-refractivity contribution in [3.63, 3.8) is 0 Å². The quantitative estimate of drug-likeness (QED) is 0.513. The minimum atomic E-state index is -0.379. The van der Waals surface area contributed by atoms with Crippen LogP contribution in [0.15, 0.2) is 12.3 Å². The Hall–Kier alpha value is -0.830. The van der Waals surface area contributed by atoms with Crippen LogP contribution in [-0.2, 0) is 5.88 Å². The number of ether oxygens (including phenoxy) is 1. The highest BCUT2D eigenvalue weighted by Gasteiger charge is 2.05. The van der Waals surface area contributed by atoms with Crippen LogP contribution in [0.25, 0.3) is 0 Å². The molecule has 0 aromatic carbocycles. The molecule has 0 bridgehead atoms. The van der Waals surface area contributed by atoms with E-state index < -0.39 is 0 Å². The molecule has 1 rings (SSSR count). The summed E-state index contributed by atoms with van der Waals surface area (Å²) in [5, 5.41) is 0. The summed E-state index contributed by atoms with van der Waals surface area (Å²) in [6.45, 7) is 2.80. The highest BCUT2D eigenvalue weighted by Crippen LogP contribution is 2.18. The topological polar surface area (TPSA) is 22.1 Å². The van der Waals surface area contributed by atoms with Crippen LogP contribution in [0.2, 0.25) is 0 Å². The molecule has 0 aliphatic heterocycles. The van der Waals surface area contributed by atoms with Gasteiger partial charge in [0.15, 0.2) is 0 Å². The maximum absolute atomic E-state index is 12.9. The van der Waals surface area contributed by atoms with E-state index in [0.29, 0.717) is 18.1 Å². The Morgan fingerprint density at radius 1 is 1.29 bits per heavy atom. The maximum atomic E-state index is 12.9. The Morgan fingerprint density at radius 2 is 2.06 bits per heavy atom. The number of alkyl halides is 1. The van der Waals surface area contributed by atoms with Crippen LogP contribution < -0.4 is 4.74 Å². The summed E-state index contributed by atoms with van der Waals surface area (Å²) in [6.07, 6.45) is 7.05. The van der Waals surface area contributed by atoms with Crippen LogP contribution >= 0.6 is 11.6 Å². The molecular formula is C13H19ClFNO. The highest BCUT2D eigenvalue weighted by molar-refractivity contribution is 6.17. The van der Waals surface area contributed by atoms with Crippen molar-refractivity contribution in [1.82, 2.24) is 4.98 Å². The van der Waals surface area contributed by atoms with E-state index in [1.54, 1.807) is 0 Å². The average Bonchev–Trinajstić information content (AvgIpc) is 2.35. The molecule has 1 heterocycles. The van der Waals surface area contributed by atoms with Crippen LogP contribution in [0.5, 0.6) is 5.88 Å². The number of aromatic nitrogens is 1. The van der Waals surface area contributed by atoms with E-state index in [4.69, 9.17) is 16.3 Å². The van der Waals surface area contributed by atoms with Crippen LogP contribution in [-0.4, -0.2) is 11.6 Å². The molecule has 0 atom stereocenters. The first kappa shape index (κ1) is 14.2. The summed E-state index contributed by atoms with van der Waals surface area (Å²) in [4.78, 5) is 3.90. The minimum Gasteiger partial charge on any atom is -0.477 e. The molecule has 2 nitrogen and oxygen atoms in total. The summed E-state index contributed by atoms with van der Waals surface area (Å²) in [5.41, 5.74) is 0.611. The molecule has 96 valence electrons. The molecule has 0 N–H and O–H groups in total. The molecule has 0 aliphatic carbocycles. The molecule has 0 amide bonds. The van der Waals surface area contributed by atoms with E-state index in [1.165, 1.54) is 25.3 Å². The zero-order chi connectivity index (χ0) is 12.5. The number of unbranched alkanes of at least 4 members (excludes halogenated alkanes) is 4. The van der Waals surface area contributed by atoms with E-state index in [2.05, 4.69) is 11.9 Å². The second-order valence-corrected chi connectivity index (χ2v) is 4.28. The van der Waals surface area contributed by atoms with Crippen LogP contribution in [0.3, 0.4) is 0 Å². The Labute approximate surface area is 107 Å². The number of halogens is 2. The van der Waals surface area contributed by atoms with Crippen LogP contribution in [0.1, 0.15) is 44.6 Å².